The molecule has 144 valence electrons. The lowest BCUT2D eigenvalue weighted by Gasteiger charge is -2.06. The number of hydrogen-bond donors (Lipinski definition) is 2. The van der Waals surface area contributed by atoms with Crippen molar-refractivity contribution in [3.05, 3.63) is 75.8 Å². The molecule has 0 unspecified atom stereocenters. The van der Waals surface area contributed by atoms with Gasteiger partial charge in [-0.25, -0.2) is 10.4 Å². The van der Waals surface area contributed by atoms with Crippen LogP contribution in [0.2, 0.25) is 0 Å². The smallest absolute Gasteiger partial charge is 0.283 e. The van der Waals surface area contributed by atoms with Crippen molar-refractivity contribution >= 4 is 28.6 Å². The number of aromatic nitrogens is 1. The van der Waals surface area contributed by atoms with Crippen LogP contribution < -0.4 is 15.9 Å². The first-order valence-electron chi connectivity index (χ1n) is 8.92. The predicted molar refractivity (Wildman–Crippen MR) is 113 cm³/mol. The highest BCUT2D eigenvalue weighted by Crippen LogP contribution is 2.20. The van der Waals surface area contributed by atoms with Gasteiger partial charge < -0.3 is 10.5 Å². The number of nitrogens with zero attached hydrogens (tertiary/aromatic N) is 2. The molecular weight excluding hydrogens is 372 g/mol. The van der Waals surface area contributed by atoms with Crippen molar-refractivity contribution in [3.8, 4) is 5.75 Å². The van der Waals surface area contributed by atoms with Crippen LogP contribution in [-0.4, -0.2) is 17.1 Å². The van der Waals surface area contributed by atoms with Crippen LogP contribution in [0.3, 0.4) is 0 Å². The quantitative estimate of drug-likeness (QED) is 0.469. The molecule has 3 rings (SSSR count). The second-order valence-electron chi connectivity index (χ2n) is 6.22. The number of nitrogens with one attached hydrogen (secondary N) is 1. The van der Waals surface area contributed by atoms with Gasteiger partial charge in [0, 0.05) is 0 Å². The number of nitrogens with two attached hydrogens (primary N) is 1. The van der Waals surface area contributed by atoms with Crippen LogP contribution in [0.1, 0.15) is 39.0 Å². The van der Waals surface area contributed by atoms with Gasteiger partial charge in [-0.2, -0.15) is 5.10 Å². The van der Waals surface area contributed by atoms with Crippen molar-refractivity contribution in [1.29, 1.82) is 0 Å². The molecule has 0 fully saturated rings. The van der Waals surface area contributed by atoms with Gasteiger partial charge in [0.15, 0.2) is 5.13 Å². The number of rotatable bonds is 7. The number of ether oxygens (including phenoxy) is 1. The average molecular weight is 395 g/mol. The summed E-state index contributed by atoms with van der Waals surface area (Å²) < 4.78 is 5.78. The molecule has 0 radical (unpaired) electrons. The van der Waals surface area contributed by atoms with Crippen molar-refractivity contribution in [2.75, 3.05) is 5.73 Å². The molecule has 0 atom stereocenters. The fourth-order valence-electron chi connectivity index (χ4n) is 2.50. The summed E-state index contributed by atoms with van der Waals surface area (Å²) in [6.07, 6.45) is 2.22. The zero-order valence-corrected chi connectivity index (χ0v) is 16.6. The molecule has 1 amide bonds. The summed E-state index contributed by atoms with van der Waals surface area (Å²) >= 11 is 1.16. The van der Waals surface area contributed by atoms with Crippen LogP contribution >= 0.6 is 11.3 Å². The van der Waals surface area contributed by atoms with Crippen LogP contribution in [0, 0.1) is 6.92 Å². The number of hydrogen-bond acceptors (Lipinski definition) is 6. The van der Waals surface area contributed by atoms with Gasteiger partial charge in [-0.05, 0) is 48.7 Å². The number of carbonyl (C=O) groups excluding carboxylic acids is 1. The van der Waals surface area contributed by atoms with E-state index in [1.165, 1.54) is 5.56 Å². The molecule has 1 heterocycles. The molecule has 1 aromatic heterocycles. The molecule has 0 aliphatic rings. The molecule has 3 N–H and O–H groups in total. The number of carbonyl (C=O) groups is 1. The Morgan fingerprint density at radius 1 is 1.21 bits per heavy atom. The summed E-state index contributed by atoms with van der Waals surface area (Å²) in [5.41, 5.74) is 12.1. The maximum absolute atomic E-state index is 12.2. The third-order valence-corrected chi connectivity index (χ3v) is 4.97. The third kappa shape index (κ3) is 5.17. The number of hydrazone groups is 1. The molecule has 28 heavy (non-hydrogen) atoms. The minimum absolute atomic E-state index is 0.305. The summed E-state index contributed by atoms with van der Waals surface area (Å²) in [5.74, 6) is 0.467. The van der Waals surface area contributed by atoms with Crippen molar-refractivity contribution in [1.82, 2.24) is 10.4 Å². The molecule has 6 nitrogen and oxygen atoms in total. The Balaban J connectivity index is 1.53. The summed E-state index contributed by atoms with van der Waals surface area (Å²) in [6.45, 7) is 4.50. The zero-order valence-electron chi connectivity index (χ0n) is 15.8. The SMILES string of the molecule is CCc1nc(N)sc1C(=O)NN=Cc1ccc(OCc2ccc(C)cc2)cc1. The van der Waals surface area contributed by atoms with Gasteiger partial charge in [0.05, 0.1) is 11.9 Å². The van der Waals surface area contributed by atoms with Crippen LogP contribution in [0.4, 0.5) is 5.13 Å². The van der Waals surface area contributed by atoms with E-state index in [2.05, 4.69) is 46.7 Å². The molecular formula is C21H22N4O2S. The average Bonchev–Trinajstić information content (AvgIpc) is 3.09. The van der Waals surface area contributed by atoms with E-state index in [4.69, 9.17) is 10.5 Å². The number of benzene rings is 2. The van der Waals surface area contributed by atoms with Crippen LogP contribution in [-0.2, 0) is 13.0 Å². The van der Waals surface area contributed by atoms with Crippen molar-refractivity contribution < 1.29 is 9.53 Å². The molecule has 0 saturated heterocycles. The number of thiazole rings is 1. The van der Waals surface area contributed by atoms with Crippen molar-refractivity contribution in [2.24, 2.45) is 5.10 Å². The minimum atomic E-state index is -0.305. The molecule has 0 aliphatic heterocycles. The lowest BCUT2D eigenvalue weighted by Crippen LogP contribution is -2.17. The van der Waals surface area contributed by atoms with Gasteiger partial charge in [-0.3, -0.25) is 4.79 Å². The van der Waals surface area contributed by atoms with Crippen LogP contribution in [0.25, 0.3) is 0 Å². The Labute approximate surface area is 168 Å². The molecule has 2 aromatic carbocycles. The zero-order chi connectivity index (χ0) is 19.9. The van der Waals surface area contributed by atoms with Crippen LogP contribution in [0.5, 0.6) is 5.75 Å². The Morgan fingerprint density at radius 2 is 1.93 bits per heavy atom. The van der Waals surface area contributed by atoms with Gasteiger partial charge in [0.25, 0.3) is 5.91 Å². The van der Waals surface area contributed by atoms with E-state index in [0.29, 0.717) is 28.7 Å². The van der Waals surface area contributed by atoms with Crippen molar-refractivity contribution in [3.63, 3.8) is 0 Å². The fraction of sp³-hybridized carbons (Fsp3) is 0.190. The highest BCUT2D eigenvalue weighted by Gasteiger charge is 2.15. The summed E-state index contributed by atoms with van der Waals surface area (Å²) in [4.78, 5) is 16.8. The molecule has 0 saturated carbocycles. The highest BCUT2D eigenvalue weighted by atomic mass is 32.1. The van der Waals surface area contributed by atoms with E-state index >= 15 is 0 Å². The fourth-order valence-corrected chi connectivity index (χ4v) is 3.32. The van der Waals surface area contributed by atoms with E-state index < -0.39 is 0 Å². The third-order valence-electron chi connectivity index (χ3n) is 4.04. The van der Waals surface area contributed by atoms with Gasteiger partial charge in [-0.15, -0.1) is 0 Å². The first-order chi connectivity index (χ1) is 13.5. The number of anilines is 1. The van der Waals surface area contributed by atoms with E-state index in [9.17, 15) is 4.79 Å². The van der Waals surface area contributed by atoms with E-state index in [-0.39, 0.29) is 5.91 Å². The number of amides is 1. The van der Waals surface area contributed by atoms with Gasteiger partial charge in [0.1, 0.15) is 17.2 Å². The van der Waals surface area contributed by atoms with E-state index in [1.807, 2.05) is 31.2 Å². The normalized spacial score (nSPS) is 10.9. The van der Waals surface area contributed by atoms with Crippen LogP contribution in [0.15, 0.2) is 53.6 Å². The lowest BCUT2D eigenvalue weighted by molar-refractivity contribution is 0.0958. The summed E-state index contributed by atoms with van der Waals surface area (Å²) in [7, 11) is 0. The molecule has 7 heteroatoms. The van der Waals surface area contributed by atoms with Gasteiger partial charge in [0.2, 0.25) is 0 Å². The Hall–Kier alpha value is -3.19. The van der Waals surface area contributed by atoms with E-state index in [1.54, 1.807) is 6.21 Å². The highest BCUT2D eigenvalue weighted by molar-refractivity contribution is 7.17. The Bertz CT molecular complexity index is 963. The summed E-state index contributed by atoms with van der Waals surface area (Å²) in [6, 6.07) is 15.7. The maximum atomic E-state index is 12.2. The minimum Gasteiger partial charge on any atom is -0.489 e. The van der Waals surface area contributed by atoms with Gasteiger partial charge in [-0.1, -0.05) is 48.1 Å². The Morgan fingerprint density at radius 3 is 2.61 bits per heavy atom. The monoisotopic (exact) mass is 394 g/mol. The second-order valence-corrected chi connectivity index (χ2v) is 7.25. The lowest BCUT2D eigenvalue weighted by atomic mass is 10.2. The first kappa shape index (κ1) is 19.6. The topological polar surface area (TPSA) is 89.6 Å². The molecule has 0 spiro atoms. The second kappa shape index (κ2) is 9.14. The maximum Gasteiger partial charge on any atom is 0.283 e. The molecule has 0 aliphatic carbocycles. The Kier molecular flexibility index (Phi) is 6.39. The van der Waals surface area contributed by atoms with Crippen molar-refractivity contribution in [2.45, 2.75) is 26.9 Å². The van der Waals surface area contributed by atoms with E-state index in [0.717, 1.165) is 28.2 Å². The largest absolute Gasteiger partial charge is 0.489 e. The number of aryl methyl sites for hydroxylation is 2. The number of nitrogen functional groups attached to an aromatic ring is 1. The first-order valence-corrected chi connectivity index (χ1v) is 9.73. The van der Waals surface area contributed by atoms with Gasteiger partial charge >= 0.3 is 0 Å². The standard InChI is InChI=1S/C21H22N4O2S/c1-3-18-19(28-21(22)24-18)20(26)25-23-12-15-8-10-17(11-9-15)27-13-16-6-4-14(2)5-7-16/h4-12H,3,13H2,1-2H3,(H2,22,24)(H,25,26). The molecule has 3 aromatic rings. The molecule has 0 bridgehead atoms. The summed E-state index contributed by atoms with van der Waals surface area (Å²) in [5, 5.41) is 4.39. The predicted octanol–water partition coefficient (Wildman–Crippen LogP) is 3.94.